The maximum atomic E-state index is 4.32. The Morgan fingerprint density at radius 2 is 1.92 bits per heavy atom. The van der Waals surface area contributed by atoms with Crippen LogP contribution in [0.15, 0.2) is 53.7 Å². The first-order valence-electron chi connectivity index (χ1n) is 8.24. The largest absolute Gasteiger partial charge is 0.356 e. The molecule has 5 nitrogen and oxygen atoms in total. The first-order chi connectivity index (χ1) is 11.7. The molecule has 5 heteroatoms. The molecule has 0 saturated heterocycles. The molecule has 1 aromatic heterocycles. The van der Waals surface area contributed by atoms with Crippen LogP contribution in [0.5, 0.6) is 0 Å². The second-order valence-electron chi connectivity index (χ2n) is 5.98. The van der Waals surface area contributed by atoms with Crippen molar-refractivity contribution in [1.82, 2.24) is 20.5 Å². The van der Waals surface area contributed by atoms with Gasteiger partial charge in [0, 0.05) is 45.0 Å². The third-order valence-corrected chi connectivity index (χ3v) is 3.57. The van der Waals surface area contributed by atoms with E-state index in [2.05, 4.69) is 63.9 Å². The molecule has 0 aliphatic carbocycles. The van der Waals surface area contributed by atoms with Crippen LogP contribution >= 0.6 is 0 Å². The zero-order chi connectivity index (χ0) is 17.2. The molecule has 24 heavy (non-hydrogen) atoms. The van der Waals surface area contributed by atoms with Crippen molar-refractivity contribution in [2.24, 2.45) is 4.99 Å². The molecular weight excluding hydrogens is 298 g/mol. The normalized spacial score (nSPS) is 11.6. The molecule has 0 unspecified atom stereocenters. The van der Waals surface area contributed by atoms with E-state index in [4.69, 9.17) is 0 Å². The van der Waals surface area contributed by atoms with Crippen LogP contribution in [0, 0.1) is 0 Å². The highest BCUT2D eigenvalue weighted by molar-refractivity contribution is 5.79. The van der Waals surface area contributed by atoms with Gasteiger partial charge in [0.25, 0.3) is 0 Å². The van der Waals surface area contributed by atoms with Gasteiger partial charge in [-0.25, -0.2) is 0 Å². The van der Waals surface area contributed by atoms with Crippen molar-refractivity contribution >= 4 is 5.96 Å². The van der Waals surface area contributed by atoms with E-state index >= 15 is 0 Å². The fourth-order valence-electron chi connectivity index (χ4n) is 2.46. The molecule has 2 N–H and O–H groups in total. The number of pyridine rings is 1. The lowest BCUT2D eigenvalue weighted by Crippen LogP contribution is -2.37. The van der Waals surface area contributed by atoms with Gasteiger partial charge in [-0.05, 0) is 37.4 Å². The summed E-state index contributed by atoms with van der Waals surface area (Å²) in [7, 11) is 5.95. The molecule has 0 bridgehead atoms. The average Bonchev–Trinajstić information content (AvgIpc) is 2.58. The third kappa shape index (κ3) is 6.38. The number of nitrogens with zero attached hydrogens (tertiary/aromatic N) is 3. The van der Waals surface area contributed by atoms with Gasteiger partial charge in [-0.1, -0.05) is 30.3 Å². The summed E-state index contributed by atoms with van der Waals surface area (Å²) in [4.78, 5) is 10.8. The number of hydrogen-bond donors (Lipinski definition) is 2. The van der Waals surface area contributed by atoms with Gasteiger partial charge in [-0.3, -0.25) is 9.98 Å². The Bertz CT molecular complexity index is 637. The highest BCUT2D eigenvalue weighted by Crippen LogP contribution is 2.06. The van der Waals surface area contributed by atoms with Crippen molar-refractivity contribution in [2.45, 2.75) is 19.5 Å². The minimum Gasteiger partial charge on any atom is -0.356 e. The van der Waals surface area contributed by atoms with Crippen molar-refractivity contribution in [3.8, 4) is 0 Å². The number of guanidine groups is 1. The van der Waals surface area contributed by atoms with E-state index in [1.165, 1.54) is 11.1 Å². The number of aromatic nitrogens is 1. The molecule has 0 atom stereocenters. The summed E-state index contributed by atoms with van der Waals surface area (Å²) in [6, 6.07) is 14.6. The molecule has 0 radical (unpaired) electrons. The van der Waals surface area contributed by atoms with E-state index in [9.17, 15) is 0 Å². The number of rotatable bonds is 7. The average molecular weight is 325 g/mol. The Balaban J connectivity index is 1.79. The summed E-state index contributed by atoms with van der Waals surface area (Å²) in [5, 5.41) is 6.68. The molecule has 0 spiro atoms. The topological polar surface area (TPSA) is 52.6 Å². The molecule has 0 amide bonds. The maximum Gasteiger partial charge on any atom is 0.191 e. The van der Waals surface area contributed by atoms with E-state index in [1.807, 2.05) is 24.4 Å². The molecular formula is C19H27N5. The van der Waals surface area contributed by atoms with Gasteiger partial charge >= 0.3 is 0 Å². The summed E-state index contributed by atoms with van der Waals surface area (Å²) in [6.07, 6.45) is 2.70. The van der Waals surface area contributed by atoms with Crippen LogP contribution in [-0.4, -0.2) is 43.5 Å². The van der Waals surface area contributed by atoms with Crippen LogP contribution in [0.3, 0.4) is 0 Å². The fraction of sp³-hybridized carbons (Fsp3) is 0.368. The Morgan fingerprint density at radius 3 is 2.62 bits per heavy atom. The number of nitrogens with one attached hydrogen (secondary N) is 2. The summed E-state index contributed by atoms with van der Waals surface area (Å²) >= 11 is 0. The van der Waals surface area contributed by atoms with Crippen molar-refractivity contribution < 1.29 is 0 Å². The van der Waals surface area contributed by atoms with Crippen molar-refractivity contribution in [2.75, 3.05) is 27.7 Å². The second-order valence-corrected chi connectivity index (χ2v) is 5.98. The lowest BCUT2D eigenvalue weighted by molar-refractivity contribution is 0.402. The third-order valence-electron chi connectivity index (χ3n) is 3.57. The molecule has 0 saturated carbocycles. The quantitative estimate of drug-likeness (QED) is 0.604. The smallest absolute Gasteiger partial charge is 0.191 e. The highest BCUT2D eigenvalue weighted by Gasteiger charge is 2.01. The minimum atomic E-state index is 0.754. The summed E-state index contributed by atoms with van der Waals surface area (Å²) < 4.78 is 0. The number of hydrogen-bond acceptors (Lipinski definition) is 3. The maximum absolute atomic E-state index is 4.32. The number of aliphatic imine (C=N–C) groups is 1. The zero-order valence-corrected chi connectivity index (χ0v) is 14.8. The van der Waals surface area contributed by atoms with Gasteiger partial charge in [-0.15, -0.1) is 0 Å². The van der Waals surface area contributed by atoms with Crippen LogP contribution in [0.25, 0.3) is 0 Å². The van der Waals surface area contributed by atoms with Gasteiger partial charge in [0.2, 0.25) is 0 Å². The monoisotopic (exact) mass is 325 g/mol. The van der Waals surface area contributed by atoms with Gasteiger partial charge in [0.15, 0.2) is 5.96 Å². The summed E-state index contributed by atoms with van der Waals surface area (Å²) in [5.41, 5.74) is 3.65. The van der Waals surface area contributed by atoms with E-state index in [-0.39, 0.29) is 0 Å². The molecule has 1 heterocycles. The molecule has 128 valence electrons. The van der Waals surface area contributed by atoms with Crippen LogP contribution in [0.4, 0.5) is 0 Å². The van der Waals surface area contributed by atoms with E-state index in [0.29, 0.717) is 0 Å². The minimum absolute atomic E-state index is 0.754. The Morgan fingerprint density at radius 1 is 1.08 bits per heavy atom. The Hall–Kier alpha value is -2.40. The van der Waals surface area contributed by atoms with Crippen molar-refractivity contribution in [3.63, 3.8) is 0 Å². The number of benzene rings is 1. The van der Waals surface area contributed by atoms with E-state index < -0.39 is 0 Å². The van der Waals surface area contributed by atoms with Crippen molar-refractivity contribution in [3.05, 3.63) is 65.5 Å². The molecule has 2 rings (SSSR count). The van der Waals surface area contributed by atoms with Gasteiger partial charge in [0.1, 0.15) is 0 Å². The van der Waals surface area contributed by atoms with Crippen LogP contribution in [-0.2, 0) is 19.5 Å². The zero-order valence-electron chi connectivity index (χ0n) is 14.8. The van der Waals surface area contributed by atoms with Gasteiger partial charge in [0.05, 0.1) is 0 Å². The highest BCUT2D eigenvalue weighted by atomic mass is 15.2. The molecule has 0 aliphatic rings. The molecule has 0 fully saturated rings. The molecule has 2 aromatic rings. The van der Waals surface area contributed by atoms with Gasteiger partial charge in [-0.2, -0.15) is 0 Å². The second kappa shape index (κ2) is 9.67. The Kier molecular flexibility index (Phi) is 7.23. The predicted octanol–water partition coefficient (Wildman–Crippen LogP) is 2.05. The van der Waals surface area contributed by atoms with E-state index in [1.54, 1.807) is 7.05 Å². The predicted molar refractivity (Wildman–Crippen MR) is 100.0 cm³/mol. The lowest BCUT2D eigenvalue weighted by atomic mass is 10.1. The standard InChI is InChI=1S/C19H27N5/c1-20-19(22-12-10-18-9-4-5-11-21-18)23-14-16-7-6-8-17(13-16)15-24(2)3/h4-9,11,13H,10,12,14-15H2,1-3H3,(H2,20,22,23). The summed E-state index contributed by atoms with van der Waals surface area (Å²) in [6.45, 7) is 2.51. The lowest BCUT2D eigenvalue weighted by Gasteiger charge is -2.13. The van der Waals surface area contributed by atoms with Crippen LogP contribution in [0.2, 0.25) is 0 Å². The van der Waals surface area contributed by atoms with Gasteiger partial charge < -0.3 is 15.5 Å². The Labute approximate surface area is 144 Å². The van der Waals surface area contributed by atoms with Crippen LogP contribution < -0.4 is 10.6 Å². The first-order valence-corrected chi connectivity index (χ1v) is 8.24. The van der Waals surface area contributed by atoms with E-state index in [0.717, 1.165) is 37.7 Å². The van der Waals surface area contributed by atoms with Crippen LogP contribution in [0.1, 0.15) is 16.8 Å². The SMILES string of the molecule is CN=C(NCCc1ccccn1)NCc1cccc(CN(C)C)c1. The molecule has 0 aliphatic heterocycles. The summed E-state index contributed by atoms with van der Waals surface area (Å²) in [5.74, 6) is 0.809. The fourth-order valence-corrected chi connectivity index (χ4v) is 2.46. The molecule has 1 aromatic carbocycles. The van der Waals surface area contributed by atoms with Crippen molar-refractivity contribution in [1.29, 1.82) is 0 Å². The first kappa shape index (κ1) is 17.9.